The maximum atomic E-state index is 12.6. The fourth-order valence-electron chi connectivity index (χ4n) is 2.02. The van der Waals surface area contributed by atoms with E-state index >= 15 is 0 Å². The number of hydrogen-bond acceptors (Lipinski definition) is 3. The molecule has 9 heteroatoms. The van der Waals surface area contributed by atoms with Gasteiger partial charge in [-0.1, -0.05) is 46.0 Å². The molecule has 160 valence electrons. The summed E-state index contributed by atoms with van der Waals surface area (Å²) in [5, 5.41) is 21.5. The van der Waals surface area contributed by atoms with Crippen LogP contribution in [0.1, 0.15) is 44.4 Å². The zero-order valence-corrected chi connectivity index (χ0v) is 18.0. The van der Waals surface area contributed by atoms with Gasteiger partial charge in [0.05, 0.1) is 5.56 Å². The van der Waals surface area contributed by atoms with Gasteiger partial charge >= 0.3 is 12.1 Å². The van der Waals surface area contributed by atoms with Crippen molar-refractivity contribution in [2.24, 2.45) is 0 Å². The number of carbonyl (C=O) groups excluding carboxylic acids is 1. The smallest absolute Gasteiger partial charge is 0.416 e. The molecule has 0 radical (unpaired) electrons. The summed E-state index contributed by atoms with van der Waals surface area (Å²) >= 11 is 0. The normalized spacial score (nSPS) is 14.4. The lowest BCUT2D eigenvalue weighted by molar-refractivity contribution is -0.143. The summed E-state index contributed by atoms with van der Waals surface area (Å²) < 4.78 is 37.8. The molecular weight excluding hydrogens is 403 g/mol. The van der Waals surface area contributed by atoms with Crippen molar-refractivity contribution < 1.29 is 33.0 Å². The van der Waals surface area contributed by atoms with Gasteiger partial charge in [0.2, 0.25) is 0 Å². The van der Waals surface area contributed by atoms with Crippen LogP contribution < -0.4 is 5.32 Å². The molecule has 0 aliphatic carbocycles. The number of benzene rings is 1. The number of carbonyl (C=O) groups is 2. The van der Waals surface area contributed by atoms with Crippen LogP contribution in [0.5, 0.6) is 0 Å². The van der Waals surface area contributed by atoms with Gasteiger partial charge in [-0.15, -0.1) is 11.5 Å². The second-order valence-electron chi connectivity index (χ2n) is 8.30. The predicted molar refractivity (Wildman–Crippen MR) is 106 cm³/mol. The van der Waals surface area contributed by atoms with E-state index in [1.165, 1.54) is 0 Å². The minimum absolute atomic E-state index is 0.0132. The van der Waals surface area contributed by atoms with Crippen LogP contribution in [-0.4, -0.2) is 36.2 Å². The highest BCUT2D eigenvalue weighted by molar-refractivity contribution is 6.87. The number of hydrogen-bond donors (Lipinski definition) is 3. The lowest BCUT2D eigenvalue weighted by atomic mass is 10.1. The minimum Gasteiger partial charge on any atom is -0.480 e. The number of alkyl halides is 3. The molecule has 0 spiro atoms. The van der Waals surface area contributed by atoms with Gasteiger partial charge in [-0.25, -0.2) is 4.79 Å². The van der Waals surface area contributed by atoms with Gasteiger partial charge < -0.3 is 15.5 Å². The van der Waals surface area contributed by atoms with E-state index in [4.69, 9.17) is 0 Å². The minimum atomic E-state index is -4.54. The van der Waals surface area contributed by atoms with Crippen LogP contribution >= 0.6 is 0 Å². The number of carboxylic acid groups (broad SMARTS) is 1. The first-order valence-electron chi connectivity index (χ1n) is 8.94. The third-order valence-corrected chi connectivity index (χ3v) is 9.55. The molecule has 0 saturated carbocycles. The topological polar surface area (TPSA) is 86.6 Å². The Morgan fingerprint density at radius 2 is 1.66 bits per heavy atom. The molecule has 0 aliphatic heterocycles. The molecule has 0 unspecified atom stereocenters. The van der Waals surface area contributed by atoms with E-state index < -0.39 is 43.8 Å². The highest BCUT2D eigenvalue weighted by Crippen LogP contribution is 2.35. The molecule has 0 saturated heterocycles. The van der Waals surface area contributed by atoms with E-state index in [2.05, 4.69) is 50.6 Å². The van der Waals surface area contributed by atoms with E-state index in [0.29, 0.717) is 0 Å². The van der Waals surface area contributed by atoms with Crippen LogP contribution in [0, 0.1) is 11.5 Å². The largest absolute Gasteiger partial charge is 0.480 e. The molecule has 1 aromatic carbocycles. The Kier molecular flexibility index (Phi) is 7.68. The standard InChI is InChI=1S/C20H26F3NO4Si/c1-19(2,3)29(4,5)12-6-7-15(18(27)28)24-17(26)16(25)13-8-10-14(11-9-13)20(21,22)23/h8-11,15-16,25H,7H2,1-5H3,(H,24,26)(H,27,28)/t15-,16+/m1/s1. The first kappa shape index (κ1) is 24.7. The van der Waals surface area contributed by atoms with E-state index in [1.807, 2.05) is 0 Å². The van der Waals surface area contributed by atoms with Crippen LogP contribution in [0.4, 0.5) is 13.2 Å². The SMILES string of the molecule is CC(C)(C)[Si](C)(C)C#CC[C@@H](NC(=O)[C@@H](O)c1ccc(C(F)(F)F)cc1)C(=O)O. The molecule has 0 aromatic heterocycles. The highest BCUT2D eigenvalue weighted by Gasteiger charge is 2.34. The average Bonchev–Trinajstić information content (AvgIpc) is 2.58. The zero-order chi connectivity index (χ0) is 22.6. The van der Waals surface area contributed by atoms with Crippen molar-refractivity contribution in [3.05, 3.63) is 35.4 Å². The molecule has 29 heavy (non-hydrogen) atoms. The first-order valence-corrected chi connectivity index (χ1v) is 11.9. The monoisotopic (exact) mass is 429 g/mol. The van der Waals surface area contributed by atoms with Gasteiger partial charge in [0.15, 0.2) is 6.10 Å². The van der Waals surface area contributed by atoms with Crippen LogP contribution in [0.3, 0.4) is 0 Å². The third kappa shape index (κ3) is 6.90. The summed E-state index contributed by atoms with van der Waals surface area (Å²) in [7, 11) is -1.95. The van der Waals surface area contributed by atoms with Gasteiger partial charge in [0.25, 0.3) is 5.91 Å². The second kappa shape index (κ2) is 9.01. The van der Waals surface area contributed by atoms with Crippen molar-refractivity contribution in [3.8, 4) is 11.5 Å². The quantitative estimate of drug-likeness (QED) is 0.492. The van der Waals surface area contributed by atoms with Gasteiger partial charge in [0, 0.05) is 6.42 Å². The number of nitrogens with one attached hydrogen (secondary N) is 1. The summed E-state index contributed by atoms with van der Waals surface area (Å²) in [6.07, 6.45) is -6.48. The number of aliphatic carboxylic acids is 1. The molecule has 3 N–H and O–H groups in total. The molecule has 1 rings (SSSR count). The second-order valence-corrected chi connectivity index (χ2v) is 13.3. The summed E-state index contributed by atoms with van der Waals surface area (Å²) in [6, 6.07) is 2.08. The van der Waals surface area contributed by atoms with Crippen molar-refractivity contribution in [1.29, 1.82) is 0 Å². The van der Waals surface area contributed by atoms with Crippen LogP contribution in [0.2, 0.25) is 18.1 Å². The van der Waals surface area contributed by atoms with E-state index in [1.54, 1.807) is 0 Å². The Bertz CT molecular complexity index is 802. The van der Waals surface area contributed by atoms with Gasteiger partial charge in [0.1, 0.15) is 14.1 Å². The fraction of sp³-hybridized carbons (Fsp3) is 0.500. The fourth-order valence-corrected chi connectivity index (χ4v) is 2.94. The van der Waals surface area contributed by atoms with Crippen molar-refractivity contribution in [2.45, 2.75) is 63.6 Å². The van der Waals surface area contributed by atoms with Crippen molar-refractivity contribution >= 4 is 20.0 Å². The molecular formula is C20H26F3NO4Si. The summed E-state index contributed by atoms with van der Waals surface area (Å²) in [5.41, 5.74) is 2.15. The van der Waals surface area contributed by atoms with Crippen LogP contribution in [0.15, 0.2) is 24.3 Å². The Balaban J connectivity index is 2.87. The molecule has 0 aliphatic rings. The lowest BCUT2D eigenvalue weighted by Crippen LogP contribution is -2.43. The molecule has 2 atom stereocenters. The first-order chi connectivity index (χ1) is 13.1. The number of amides is 1. The molecule has 1 aromatic rings. The number of rotatable bonds is 5. The Labute approximate surface area is 169 Å². The maximum absolute atomic E-state index is 12.6. The van der Waals surface area contributed by atoms with Gasteiger partial charge in [-0.3, -0.25) is 4.79 Å². The number of halogens is 3. The number of carboxylic acids is 1. The van der Waals surface area contributed by atoms with E-state index in [-0.39, 0.29) is 17.0 Å². The highest BCUT2D eigenvalue weighted by atomic mass is 28.3. The summed E-state index contributed by atoms with van der Waals surface area (Å²) in [6.45, 7) is 10.3. The summed E-state index contributed by atoms with van der Waals surface area (Å²) in [4.78, 5) is 23.6. The van der Waals surface area contributed by atoms with Crippen molar-refractivity contribution in [2.75, 3.05) is 0 Å². The van der Waals surface area contributed by atoms with Gasteiger partial charge in [-0.2, -0.15) is 13.2 Å². The maximum Gasteiger partial charge on any atom is 0.416 e. The van der Waals surface area contributed by atoms with E-state index in [9.17, 15) is 33.0 Å². The Hall–Kier alpha value is -2.31. The average molecular weight is 430 g/mol. The number of aliphatic hydroxyl groups is 1. The Morgan fingerprint density at radius 1 is 1.14 bits per heavy atom. The van der Waals surface area contributed by atoms with Crippen molar-refractivity contribution in [3.63, 3.8) is 0 Å². The molecule has 0 bridgehead atoms. The molecule has 1 amide bonds. The number of aliphatic hydroxyl groups excluding tert-OH is 1. The molecule has 0 heterocycles. The lowest BCUT2D eigenvalue weighted by Gasteiger charge is -2.31. The van der Waals surface area contributed by atoms with Crippen molar-refractivity contribution in [1.82, 2.24) is 5.32 Å². The van der Waals surface area contributed by atoms with Crippen LogP contribution in [-0.2, 0) is 15.8 Å². The van der Waals surface area contributed by atoms with Crippen LogP contribution in [0.25, 0.3) is 0 Å². The zero-order valence-electron chi connectivity index (χ0n) is 17.0. The molecule has 5 nitrogen and oxygen atoms in total. The molecule has 0 fully saturated rings. The van der Waals surface area contributed by atoms with Gasteiger partial charge in [-0.05, 0) is 22.7 Å². The van der Waals surface area contributed by atoms with E-state index in [0.717, 1.165) is 24.3 Å². The summed E-state index contributed by atoms with van der Waals surface area (Å²) in [5.74, 6) is 0.492. The third-order valence-electron chi connectivity index (χ3n) is 5.00. The Morgan fingerprint density at radius 3 is 2.07 bits per heavy atom. The predicted octanol–water partition coefficient (Wildman–Crippen LogP) is 3.75.